The van der Waals surface area contributed by atoms with Gasteiger partial charge in [-0.05, 0) is 31.4 Å². The van der Waals surface area contributed by atoms with Crippen LogP contribution in [0.5, 0.6) is 0 Å². The Hall–Kier alpha value is -2.64. The Bertz CT molecular complexity index is 645. The number of anilines is 1. The summed E-state index contributed by atoms with van der Waals surface area (Å²) in [6, 6.07) is 5.73. The monoisotopic (exact) mass is 362 g/mol. The Morgan fingerprint density at radius 1 is 1.23 bits per heavy atom. The van der Waals surface area contributed by atoms with Crippen LogP contribution in [0.1, 0.15) is 33.1 Å². The summed E-state index contributed by atoms with van der Waals surface area (Å²) in [5, 5.41) is 16.6. The molecule has 1 aliphatic heterocycles. The number of nitro benzene ring substituents is 1. The molecule has 2 amide bonds. The van der Waals surface area contributed by atoms with E-state index in [1.54, 1.807) is 17.0 Å². The van der Waals surface area contributed by atoms with Crippen LogP contribution in [0, 0.1) is 16.0 Å². The van der Waals surface area contributed by atoms with E-state index in [2.05, 4.69) is 10.6 Å². The van der Waals surface area contributed by atoms with E-state index in [0.717, 1.165) is 18.5 Å². The molecule has 0 aliphatic carbocycles. The molecule has 8 heteroatoms. The standard InChI is InChI=1S/C18H26N4O4/c1-13(2)18(24)21-12-4-3-5-16(21)17(23)20-11-10-19-14-6-8-15(9-7-14)22(25)26/h6-9,13,16,19H,3-5,10-12H2,1-2H3,(H,20,23)/t16-/m1/s1. The van der Waals surface area contributed by atoms with Gasteiger partial charge in [-0.15, -0.1) is 0 Å². The summed E-state index contributed by atoms with van der Waals surface area (Å²) in [5.74, 6) is -0.217. The minimum atomic E-state index is -0.446. The molecule has 1 aromatic carbocycles. The van der Waals surface area contributed by atoms with E-state index in [-0.39, 0.29) is 23.4 Å². The number of carbonyl (C=O) groups excluding carboxylic acids is 2. The van der Waals surface area contributed by atoms with Crippen molar-refractivity contribution in [3.05, 3.63) is 34.4 Å². The maximum atomic E-state index is 12.5. The average Bonchev–Trinajstić information content (AvgIpc) is 2.64. The number of amides is 2. The fraction of sp³-hybridized carbons (Fsp3) is 0.556. The molecule has 142 valence electrons. The first-order valence-electron chi connectivity index (χ1n) is 8.96. The summed E-state index contributed by atoms with van der Waals surface area (Å²) in [5.41, 5.74) is 0.787. The lowest BCUT2D eigenvalue weighted by Crippen LogP contribution is -2.53. The summed E-state index contributed by atoms with van der Waals surface area (Å²) < 4.78 is 0. The number of nitrogens with zero attached hydrogens (tertiary/aromatic N) is 2. The van der Waals surface area contributed by atoms with Crippen LogP contribution >= 0.6 is 0 Å². The topological polar surface area (TPSA) is 105 Å². The number of piperidine rings is 1. The van der Waals surface area contributed by atoms with Crippen LogP contribution in [-0.4, -0.2) is 47.3 Å². The number of rotatable bonds is 7. The number of hydrogen-bond donors (Lipinski definition) is 2. The Morgan fingerprint density at radius 2 is 1.92 bits per heavy atom. The van der Waals surface area contributed by atoms with Crippen LogP contribution in [0.25, 0.3) is 0 Å². The van der Waals surface area contributed by atoms with Crippen LogP contribution in [0.15, 0.2) is 24.3 Å². The largest absolute Gasteiger partial charge is 0.383 e. The average molecular weight is 362 g/mol. The minimum absolute atomic E-state index is 0.0221. The summed E-state index contributed by atoms with van der Waals surface area (Å²) in [7, 11) is 0. The first-order chi connectivity index (χ1) is 12.4. The summed E-state index contributed by atoms with van der Waals surface area (Å²) in [4.78, 5) is 36.6. The molecule has 8 nitrogen and oxygen atoms in total. The normalized spacial score (nSPS) is 17.0. The van der Waals surface area contributed by atoms with Crippen LogP contribution in [0.2, 0.25) is 0 Å². The molecule has 2 N–H and O–H groups in total. The molecule has 1 atom stereocenters. The van der Waals surface area contributed by atoms with Crippen molar-refractivity contribution in [3.8, 4) is 0 Å². The number of carbonyl (C=O) groups is 2. The second kappa shape index (κ2) is 9.17. The Morgan fingerprint density at radius 3 is 2.54 bits per heavy atom. The molecular weight excluding hydrogens is 336 g/mol. The molecule has 0 radical (unpaired) electrons. The van der Waals surface area contributed by atoms with Gasteiger partial charge in [0, 0.05) is 43.4 Å². The van der Waals surface area contributed by atoms with Crippen LogP contribution < -0.4 is 10.6 Å². The zero-order valence-corrected chi connectivity index (χ0v) is 15.2. The van der Waals surface area contributed by atoms with Gasteiger partial charge in [-0.3, -0.25) is 19.7 Å². The van der Waals surface area contributed by atoms with Crippen LogP contribution in [-0.2, 0) is 9.59 Å². The van der Waals surface area contributed by atoms with Crippen molar-refractivity contribution in [1.82, 2.24) is 10.2 Å². The Balaban J connectivity index is 1.80. The van der Waals surface area contributed by atoms with Gasteiger partial charge in [-0.2, -0.15) is 0 Å². The number of likely N-dealkylation sites (tertiary alicyclic amines) is 1. The second-order valence-corrected chi connectivity index (χ2v) is 6.72. The van der Waals surface area contributed by atoms with Crippen molar-refractivity contribution in [2.24, 2.45) is 5.92 Å². The van der Waals surface area contributed by atoms with Gasteiger partial charge in [0.05, 0.1) is 4.92 Å². The quantitative estimate of drug-likeness (QED) is 0.439. The van der Waals surface area contributed by atoms with Crippen LogP contribution in [0.3, 0.4) is 0 Å². The van der Waals surface area contributed by atoms with Crippen molar-refractivity contribution in [3.63, 3.8) is 0 Å². The van der Waals surface area contributed by atoms with E-state index >= 15 is 0 Å². The lowest BCUT2D eigenvalue weighted by molar-refractivity contribution is -0.384. The lowest BCUT2D eigenvalue weighted by Gasteiger charge is -2.35. The molecule has 0 spiro atoms. The Kier molecular flexibility index (Phi) is 6.94. The maximum Gasteiger partial charge on any atom is 0.269 e. The number of hydrogen-bond acceptors (Lipinski definition) is 5. The maximum absolute atomic E-state index is 12.5. The molecule has 1 aliphatic rings. The fourth-order valence-electron chi connectivity index (χ4n) is 3.01. The predicted octanol–water partition coefficient (Wildman–Crippen LogP) is 2.16. The fourth-order valence-corrected chi connectivity index (χ4v) is 3.01. The molecule has 0 aromatic heterocycles. The van der Waals surface area contributed by atoms with Gasteiger partial charge >= 0.3 is 0 Å². The first kappa shape index (κ1) is 19.7. The van der Waals surface area contributed by atoms with Gasteiger partial charge in [0.25, 0.3) is 5.69 Å². The van der Waals surface area contributed by atoms with Gasteiger partial charge < -0.3 is 15.5 Å². The number of benzene rings is 1. The van der Waals surface area contributed by atoms with E-state index in [0.29, 0.717) is 26.1 Å². The van der Waals surface area contributed by atoms with Gasteiger partial charge in [0.2, 0.25) is 11.8 Å². The molecular formula is C18H26N4O4. The smallest absolute Gasteiger partial charge is 0.269 e. The van der Waals surface area contributed by atoms with Crippen molar-refractivity contribution < 1.29 is 14.5 Å². The first-order valence-corrected chi connectivity index (χ1v) is 8.96. The highest BCUT2D eigenvalue weighted by Gasteiger charge is 2.32. The molecule has 1 fully saturated rings. The zero-order chi connectivity index (χ0) is 19.1. The summed E-state index contributed by atoms with van der Waals surface area (Å²) >= 11 is 0. The molecule has 0 saturated carbocycles. The zero-order valence-electron chi connectivity index (χ0n) is 15.2. The van der Waals surface area contributed by atoms with Gasteiger partial charge in [-0.1, -0.05) is 13.8 Å². The third kappa shape index (κ3) is 5.18. The number of nitro groups is 1. The number of nitrogens with one attached hydrogen (secondary N) is 2. The van der Waals surface area contributed by atoms with Crippen LogP contribution in [0.4, 0.5) is 11.4 Å². The van der Waals surface area contributed by atoms with E-state index < -0.39 is 11.0 Å². The predicted molar refractivity (Wildman–Crippen MR) is 98.8 cm³/mol. The highest BCUT2D eigenvalue weighted by atomic mass is 16.6. The van der Waals surface area contributed by atoms with Crippen molar-refractivity contribution >= 4 is 23.2 Å². The molecule has 1 aromatic rings. The highest BCUT2D eigenvalue weighted by molar-refractivity contribution is 5.88. The van der Waals surface area contributed by atoms with Gasteiger partial charge in [-0.25, -0.2) is 0 Å². The van der Waals surface area contributed by atoms with Gasteiger partial charge in [0.1, 0.15) is 6.04 Å². The minimum Gasteiger partial charge on any atom is -0.383 e. The van der Waals surface area contributed by atoms with E-state index in [1.165, 1.54) is 12.1 Å². The number of non-ortho nitro benzene ring substituents is 1. The molecule has 26 heavy (non-hydrogen) atoms. The highest BCUT2D eigenvalue weighted by Crippen LogP contribution is 2.19. The summed E-state index contributed by atoms with van der Waals surface area (Å²) in [6.45, 7) is 5.24. The van der Waals surface area contributed by atoms with Crippen molar-refractivity contribution in [1.29, 1.82) is 0 Å². The second-order valence-electron chi connectivity index (χ2n) is 6.72. The molecule has 0 bridgehead atoms. The molecule has 2 rings (SSSR count). The van der Waals surface area contributed by atoms with Crippen molar-refractivity contribution in [2.45, 2.75) is 39.2 Å². The van der Waals surface area contributed by atoms with Crippen molar-refractivity contribution in [2.75, 3.05) is 25.0 Å². The SMILES string of the molecule is CC(C)C(=O)N1CCCC[C@@H]1C(=O)NCCNc1ccc([N+](=O)[O-])cc1. The van der Waals surface area contributed by atoms with E-state index in [1.807, 2.05) is 13.8 Å². The Labute approximate surface area is 153 Å². The van der Waals surface area contributed by atoms with Gasteiger partial charge in [0.15, 0.2) is 0 Å². The third-order valence-electron chi connectivity index (χ3n) is 4.41. The van der Waals surface area contributed by atoms with E-state index in [4.69, 9.17) is 0 Å². The summed E-state index contributed by atoms with van der Waals surface area (Å²) in [6.07, 6.45) is 2.57. The molecule has 1 heterocycles. The third-order valence-corrected chi connectivity index (χ3v) is 4.41. The molecule has 0 unspecified atom stereocenters. The molecule has 1 saturated heterocycles. The van der Waals surface area contributed by atoms with E-state index in [9.17, 15) is 19.7 Å². The lowest BCUT2D eigenvalue weighted by atomic mass is 9.99.